The summed E-state index contributed by atoms with van der Waals surface area (Å²) >= 11 is 0. The number of hydrogen-bond acceptors (Lipinski definition) is 0. The molecule has 3 aliphatic rings. The second-order valence-electron chi connectivity index (χ2n) is 16.9. The van der Waals surface area contributed by atoms with E-state index in [-0.39, 0.29) is 5.41 Å². The van der Waals surface area contributed by atoms with Crippen molar-refractivity contribution in [2.45, 2.75) is 31.4 Å². The Hall–Kier alpha value is -6.28. The van der Waals surface area contributed by atoms with E-state index in [1.165, 1.54) is 100 Å². The summed E-state index contributed by atoms with van der Waals surface area (Å²) < 4.78 is 0. The van der Waals surface area contributed by atoms with Crippen LogP contribution < -0.4 is 10.4 Å². The number of hydrogen-bond donors (Lipinski definition) is 0. The van der Waals surface area contributed by atoms with Gasteiger partial charge in [-0.3, -0.25) is 0 Å². The maximum atomic E-state index is 2.55. The second kappa shape index (κ2) is 11.6. The van der Waals surface area contributed by atoms with Crippen molar-refractivity contribution in [1.82, 2.24) is 0 Å². The average molecular weight is 729 g/mol. The first-order valence-electron chi connectivity index (χ1n) is 20.1. The molecule has 0 saturated heterocycles. The fraction of sp³-hybridized carbons (Fsp3) is 0.0909. The summed E-state index contributed by atoms with van der Waals surface area (Å²) in [6, 6.07) is 72.0. The van der Waals surface area contributed by atoms with Gasteiger partial charge < -0.3 is 0 Å². The zero-order valence-corrected chi connectivity index (χ0v) is 32.7. The Morgan fingerprint density at radius 3 is 1.66 bits per heavy atom. The van der Waals surface area contributed by atoms with Crippen molar-refractivity contribution in [2.24, 2.45) is 0 Å². The molecule has 9 aromatic carbocycles. The molecule has 0 fully saturated rings. The highest BCUT2D eigenvalue weighted by molar-refractivity contribution is 7.05. The first-order valence-corrected chi connectivity index (χ1v) is 22.5. The molecule has 12 rings (SSSR count). The molecule has 0 unspecified atom stereocenters. The van der Waals surface area contributed by atoms with E-state index in [0.717, 1.165) is 0 Å². The van der Waals surface area contributed by atoms with E-state index in [4.69, 9.17) is 0 Å². The fourth-order valence-electron chi connectivity index (χ4n) is 11.1. The molecule has 56 heavy (non-hydrogen) atoms. The summed E-state index contributed by atoms with van der Waals surface area (Å²) in [4.78, 5) is 0. The summed E-state index contributed by atoms with van der Waals surface area (Å²) in [6.45, 7) is 4.74. The van der Waals surface area contributed by atoms with Gasteiger partial charge >= 0.3 is 0 Å². The van der Waals surface area contributed by atoms with Crippen LogP contribution in [0, 0.1) is 0 Å². The van der Waals surface area contributed by atoms with Crippen LogP contribution in [0.4, 0.5) is 0 Å². The minimum atomic E-state index is -1.99. The van der Waals surface area contributed by atoms with E-state index in [1.54, 1.807) is 21.5 Å². The molecule has 0 N–H and O–H groups in total. The van der Waals surface area contributed by atoms with Gasteiger partial charge in [0.15, 0.2) is 0 Å². The molecule has 0 aromatic heterocycles. The van der Waals surface area contributed by atoms with Gasteiger partial charge in [0.2, 0.25) is 0 Å². The summed E-state index contributed by atoms with van der Waals surface area (Å²) in [5, 5.41) is 8.41. The predicted molar refractivity (Wildman–Crippen MR) is 240 cm³/mol. The Balaban J connectivity index is 1.13. The lowest BCUT2D eigenvalue weighted by Crippen LogP contribution is -2.57. The lowest BCUT2D eigenvalue weighted by atomic mass is 9.81. The van der Waals surface area contributed by atoms with Gasteiger partial charge in [-0.2, -0.15) is 0 Å². The third-order valence-corrected chi connectivity index (χ3v) is 18.6. The highest BCUT2D eigenvalue weighted by Gasteiger charge is 2.49. The van der Waals surface area contributed by atoms with Gasteiger partial charge in [-0.25, -0.2) is 0 Å². The molecular formula is C55H40Si. The van der Waals surface area contributed by atoms with E-state index in [9.17, 15) is 0 Å². The van der Waals surface area contributed by atoms with Crippen LogP contribution in [0.3, 0.4) is 0 Å². The van der Waals surface area contributed by atoms with Crippen molar-refractivity contribution in [2.75, 3.05) is 0 Å². The van der Waals surface area contributed by atoms with Crippen LogP contribution in [-0.4, -0.2) is 8.07 Å². The van der Waals surface area contributed by atoms with Crippen LogP contribution in [-0.2, 0) is 17.5 Å². The van der Waals surface area contributed by atoms with Crippen molar-refractivity contribution in [1.29, 1.82) is 0 Å². The summed E-state index contributed by atoms with van der Waals surface area (Å²) in [5.74, 6) is 0. The zero-order valence-electron chi connectivity index (χ0n) is 31.7. The Bertz CT molecular complexity index is 3090. The van der Waals surface area contributed by atoms with Gasteiger partial charge in [-0.05, 0) is 140 Å². The van der Waals surface area contributed by atoms with E-state index in [2.05, 4.69) is 196 Å². The molecule has 1 heteroatoms. The fourth-order valence-corrected chi connectivity index (χ4v) is 16.5. The molecule has 2 aliphatic heterocycles. The summed E-state index contributed by atoms with van der Waals surface area (Å²) in [6.07, 6.45) is 0. The van der Waals surface area contributed by atoms with E-state index in [1.807, 2.05) is 0 Å². The first-order chi connectivity index (χ1) is 27.5. The van der Waals surface area contributed by atoms with Crippen molar-refractivity contribution in [3.63, 3.8) is 0 Å². The van der Waals surface area contributed by atoms with Gasteiger partial charge in [0.25, 0.3) is 0 Å². The third kappa shape index (κ3) is 4.35. The van der Waals surface area contributed by atoms with Crippen molar-refractivity contribution in [3.05, 3.63) is 204 Å². The Morgan fingerprint density at radius 1 is 0.357 bits per heavy atom. The molecule has 1 spiro atoms. The van der Waals surface area contributed by atoms with E-state index >= 15 is 0 Å². The minimum absolute atomic E-state index is 0.0339. The Kier molecular flexibility index (Phi) is 6.64. The maximum absolute atomic E-state index is 2.55. The standard InChI is InChI=1S/C55H40Si/c1-55(2)49-22-12-10-18-41(49)46-31-37(25-28-50(46)55)54-44-21-9-8-20-43(44)53(45-27-24-36(30-48(45)54)35-14-4-3-5-15-35)38-26-29-52-47(32-38)42-19-11-13-23-51(42)56(52)33-39-16-6-7-17-40(39)34-56/h3-32H,33-34H2,1-2H3. The average Bonchev–Trinajstić information content (AvgIpc) is 3.85. The van der Waals surface area contributed by atoms with Gasteiger partial charge in [-0.1, -0.05) is 178 Å². The molecule has 0 bridgehead atoms. The lowest BCUT2D eigenvalue weighted by Gasteiger charge is -2.24. The normalized spacial score (nSPS) is 15.1. The van der Waals surface area contributed by atoms with Gasteiger partial charge in [0.05, 0.1) is 0 Å². The highest BCUT2D eigenvalue weighted by atomic mass is 28.3. The molecule has 0 nitrogen and oxygen atoms in total. The molecule has 0 atom stereocenters. The third-order valence-electron chi connectivity index (χ3n) is 13.7. The molecule has 264 valence electrons. The molecule has 0 saturated carbocycles. The van der Waals surface area contributed by atoms with Gasteiger partial charge in [-0.15, -0.1) is 0 Å². The Labute approximate surface area is 329 Å². The van der Waals surface area contributed by atoms with Crippen molar-refractivity contribution in [3.8, 4) is 55.6 Å². The summed E-state index contributed by atoms with van der Waals surface area (Å²) in [7, 11) is -1.99. The summed E-state index contributed by atoms with van der Waals surface area (Å²) in [5.41, 5.74) is 19.2. The van der Waals surface area contributed by atoms with Gasteiger partial charge in [0.1, 0.15) is 8.07 Å². The first kappa shape index (κ1) is 32.0. The maximum Gasteiger partial charge on any atom is 0.128 e. The van der Waals surface area contributed by atoms with E-state index < -0.39 is 8.07 Å². The molecule has 9 aromatic rings. The van der Waals surface area contributed by atoms with Crippen LogP contribution >= 0.6 is 0 Å². The number of benzene rings is 9. The predicted octanol–water partition coefficient (Wildman–Crippen LogP) is 12.7. The van der Waals surface area contributed by atoms with Crippen LogP contribution in [0.1, 0.15) is 36.1 Å². The second-order valence-corrected chi connectivity index (χ2v) is 20.8. The van der Waals surface area contributed by atoms with Crippen molar-refractivity contribution < 1.29 is 0 Å². The van der Waals surface area contributed by atoms with Crippen LogP contribution in [0.15, 0.2) is 182 Å². The van der Waals surface area contributed by atoms with Gasteiger partial charge in [0, 0.05) is 5.41 Å². The molecule has 0 amide bonds. The molecule has 0 radical (unpaired) electrons. The van der Waals surface area contributed by atoms with Crippen molar-refractivity contribution >= 4 is 40.0 Å². The highest BCUT2D eigenvalue weighted by Crippen LogP contribution is 2.52. The largest absolute Gasteiger partial charge is 0.128 e. The quantitative estimate of drug-likeness (QED) is 0.126. The van der Waals surface area contributed by atoms with E-state index in [0.29, 0.717) is 0 Å². The monoisotopic (exact) mass is 728 g/mol. The number of fused-ring (bicyclic) bond motifs is 11. The van der Waals surface area contributed by atoms with Crippen LogP contribution in [0.5, 0.6) is 0 Å². The molecular weight excluding hydrogens is 689 g/mol. The molecule has 2 heterocycles. The lowest BCUT2D eigenvalue weighted by molar-refractivity contribution is 0.660. The van der Waals surface area contributed by atoms with Crippen LogP contribution in [0.25, 0.3) is 77.2 Å². The minimum Gasteiger partial charge on any atom is -0.0623 e. The topological polar surface area (TPSA) is 0 Å². The zero-order chi connectivity index (χ0) is 37.2. The smallest absolute Gasteiger partial charge is 0.0623 e. The SMILES string of the molecule is CC1(C)c2ccccc2-c2cc(-c3c4ccccc4c(-c4ccc5c(c4)-c4ccccc4[Si]54Cc5ccccc5C4)c4ccc(-c5ccccc5)cc34)ccc21. The Morgan fingerprint density at radius 2 is 0.893 bits per heavy atom. The number of rotatable bonds is 3. The van der Waals surface area contributed by atoms with Crippen LogP contribution in [0.2, 0.25) is 0 Å². The molecule has 1 aliphatic carbocycles.